The van der Waals surface area contributed by atoms with Crippen molar-refractivity contribution < 1.29 is 19.0 Å². The van der Waals surface area contributed by atoms with E-state index in [9.17, 15) is 4.79 Å². The van der Waals surface area contributed by atoms with Gasteiger partial charge in [0.25, 0.3) is 5.91 Å². The monoisotopic (exact) mass is 380 g/mol. The molecule has 2 aromatic carbocycles. The van der Waals surface area contributed by atoms with Gasteiger partial charge in [-0.05, 0) is 29.8 Å². The topological polar surface area (TPSA) is 87.5 Å². The summed E-state index contributed by atoms with van der Waals surface area (Å²) in [5, 5.41) is 11.0. The number of carbonyl (C=O) groups is 1. The second-order valence-electron chi connectivity index (χ2n) is 6.29. The van der Waals surface area contributed by atoms with E-state index in [2.05, 4.69) is 15.6 Å². The maximum absolute atomic E-state index is 12.7. The molecule has 1 aliphatic heterocycles. The average Bonchev–Trinajstić information content (AvgIpc) is 3.17. The Bertz CT molecular complexity index is 984. The van der Waals surface area contributed by atoms with Gasteiger partial charge in [0.05, 0.1) is 38.8 Å². The third-order valence-corrected chi connectivity index (χ3v) is 4.66. The van der Waals surface area contributed by atoms with Crippen LogP contribution >= 0.6 is 0 Å². The van der Waals surface area contributed by atoms with E-state index >= 15 is 0 Å². The molecule has 1 unspecified atom stereocenters. The van der Waals surface area contributed by atoms with Crippen LogP contribution in [-0.4, -0.2) is 35.1 Å². The number of hydrogen-bond donors (Lipinski definition) is 1. The van der Waals surface area contributed by atoms with E-state index in [1.165, 1.54) is 0 Å². The lowest BCUT2D eigenvalue weighted by atomic mass is 10.1. The standard InChI is InChI=1S/C20H20N4O4/c1-26-14-9-7-13(8-10-14)18-11-24-16(12-28-18)19(22-23-24)20(25)21-15-5-3-4-6-17(15)27-2/h3-10,18H,11-12H2,1-2H3,(H,21,25). The summed E-state index contributed by atoms with van der Waals surface area (Å²) in [6.07, 6.45) is -0.162. The molecule has 0 saturated carbocycles. The van der Waals surface area contributed by atoms with E-state index in [0.717, 1.165) is 11.3 Å². The molecule has 1 atom stereocenters. The predicted octanol–water partition coefficient (Wildman–Crippen LogP) is 2.82. The van der Waals surface area contributed by atoms with Crippen molar-refractivity contribution in [2.45, 2.75) is 19.3 Å². The molecule has 1 N–H and O–H groups in total. The van der Waals surface area contributed by atoms with Crippen LogP contribution in [0.15, 0.2) is 48.5 Å². The van der Waals surface area contributed by atoms with Gasteiger partial charge in [0.15, 0.2) is 5.69 Å². The number of methoxy groups -OCH3 is 2. The quantitative estimate of drug-likeness (QED) is 0.732. The number of fused-ring (bicyclic) bond motifs is 1. The number of nitrogens with one attached hydrogen (secondary N) is 1. The zero-order valence-corrected chi connectivity index (χ0v) is 15.6. The molecule has 1 aliphatic rings. The molecule has 0 radical (unpaired) electrons. The summed E-state index contributed by atoms with van der Waals surface area (Å²) in [5.41, 5.74) is 2.49. The second kappa shape index (κ2) is 7.69. The normalized spacial score (nSPS) is 15.6. The van der Waals surface area contributed by atoms with Gasteiger partial charge in [0.2, 0.25) is 0 Å². The lowest BCUT2D eigenvalue weighted by Crippen LogP contribution is -2.24. The summed E-state index contributed by atoms with van der Waals surface area (Å²) < 4.78 is 18.1. The summed E-state index contributed by atoms with van der Waals surface area (Å²) >= 11 is 0. The molecular weight excluding hydrogens is 360 g/mol. The Morgan fingerprint density at radius 3 is 2.68 bits per heavy atom. The summed E-state index contributed by atoms with van der Waals surface area (Å²) in [7, 11) is 3.18. The van der Waals surface area contributed by atoms with Gasteiger partial charge >= 0.3 is 0 Å². The van der Waals surface area contributed by atoms with Gasteiger partial charge < -0.3 is 19.5 Å². The minimum Gasteiger partial charge on any atom is -0.497 e. The maximum Gasteiger partial charge on any atom is 0.278 e. The van der Waals surface area contributed by atoms with Crippen LogP contribution < -0.4 is 14.8 Å². The number of rotatable bonds is 5. The van der Waals surface area contributed by atoms with Crippen molar-refractivity contribution in [2.24, 2.45) is 0 Å². The summed E-state index contributed by atoms with van der Waals surface area (Å²) in [6.45, 7) is 0.731. The summed E-state index contributed by atoms with van der Waals surface area (Å²) in [5.74, 6) is 1.02. The van der Waals surface area contributed by atoms with Crippen molar-refractivity contribution in [3.63, 3.8) is 0 Å². The second-order valence-corrected chi connectivity index (χ2v) is 6.29. The average molecular weight is 380 g/mol. The van der Waals surface area contributed by atoms with Gasteiger partial charge in [-0.25, -0.2) is 4.68 Å². The maximum atomic E-state index is 12.7. The number of carbonyl (C=O) groups excluding carboxylic acids is 1. The predicted molar refractivity (Wildman–Crippen MR) is 101 cm³/mol. The molecule has 1 aromatic heterocycles. The molecule has 2 heterocycles. The van der Waals surface area contributed by atoms with Crippen molar-refractivity contribution in [1.29, 1.82) is 0 Å². The minimum atomic E-state index is -0.350. The molecule has 8 heteroatoms. The van der Waals surface area contributed by atoms with E-state index < -0.39 is 0 Å². The molecule has 8 nitrogen and oxygen atoms in total. The largest absolute Gasteiger partial charge is 0.497 e. The van der Waals surface area contributed by atoms with E-state index in [0.29, 0.717) is 23.7 Å². The number of hydrogen-bond acceptors (Lipinski definition) is 6. The molecule has 0 saturated heterocycles. The van der Waals surface area contributed by atoms with Gasteiger partial charge in [-0.3, -0.25) is 4.79 Å². The highest BCUT2D eigenvalue weighted by atomic mass is 16.5. The van der Waals surface area contributed by atoms with Gasteiger partial charge in [0, 0.05) is 0 Å². The van der Waals surface area contributed by atoms with Crippen LogP contribution in [0.5, 0.6) is 11.5 Å². The first-order valence-electron chi connectivity index (χ1n) is 8.82. The van der Waals surface area contributed by atoms with Gasteiger partial charge in [-0.2, -0.15) is 0 Å². The molecule has 0 spiro atoms. The molecule has 0 fully saturated rings. The first kappa shape index (κ1) is 18.0. The molecule has 28 heavy (non-hydrogen) atoms. The van der Waals surface area contributed by atoms with E-state index in [4.69, 9.17) is 14.2 Å². The lowest BCUT2D eigenvalue weighted by molar-refractivity contribution is -0.00173. The highest BCUT2D eigenvalue weighted by Crippen LogP contribution is 2.29. The van der Waals surface area contributed by atoms with E-state index in [1.807, 2.05) is 36.4 Å². The number of benzene rings is 2. The lowest BCUT2D eigenvalue weighted by Gasteiger charge is -2.24. The van der Waals surface area contributed by atoms with Crippen LogP contribution in [0, 0.1) is 0 Å². The van der Waals surface area contributed by atoms with Crippen molar-refractivity contribution in [2.75, 3.05) is 19.5 Å². The minimum absolute atomic E-state index is 0.162. The Kier molecular flexibility index (Phi) is 4.94. The first-order valence-corrected chi connectivity index (χ1v) is 8.82. The van der Waals surface area contributed by atoms with Crippen LogP contribution in [0.3, 0.4) is 0 Å². The van der Waals surface area contributed by atoms with Gasteiger partial charge in [-0.1, -0.05) is 29.5 Å². The van der Waals surface area contributed by atoms with Crippen molar-refractivity contribution in [1.82, 2.24) is 15.0 Å². The Morgan fingerprint density at radius 1 is 1.14 bits per heavy atom. The zero-order valence-electron chi connectivity index (χ0n) is 15.6. The first-order chi connectivity index (χ1) is 13.7. The Morgan fingerprint density at radius 2 is 1.93 bits per heavy atom. The fraction of sp³-hybridized carbons (Fsp3) is 0.250. The van der Waals surface area contributed by atoms with Crippen LogP contribution in [0.25, 0.3) is 0 Å². The molecule has 0 bridgehead atoms. The molecule has 1 amide bonds. The number of para-hydroxylation sites is 2. The number of nitrogens with zero attached hydrogens (tertiary/aromatic N) is 3. The number of anilines is 1. The van der Waals surface area contributed by atoms with Crippen molar-refractivity contribution in [3.05, 3.63) is 65.5 Å². The zero-order chi connectivity index (χ0) is 19.5. The number of ether oxygens (including phenoxy) is 3. The molecule has 4 rings (SSSR count). The highest BCUT2D eigenvalue weighted by Gasteiger charge is 2.28. The third kappa shape index (κ3) is 3.41. The Hall–Kier alpha value is -3.39. The Labute approximate surface area is 162 Å². The smallest absolute Gasteiger partial charge is 0.278 e. The fourth-order valence-electron chi connectivity index (χ4n) is 3.14. The fourth-order valence-corrected chi connectivity index (χ4v) is 3.14. The third-order valence-electron chi connectivity index (χ3n) is 4.66. The van der Waals surface area contributed by atoms with Gasteiger partial charge in [-0.15, -0.1) is 5.10 Å². The van der Waals surface area contributed by atoms with Crippen molar-refractivity contribution in [3.8, 4) is 11.5 Å². The van der Waals surface area contributed by atoms with E-state index in [1.54, 1.807) is 31.0 Å². The number of amides is 1. The summed E-state index contributed by atoms with van der Waals surface area (Å²) in [6, 6.07) is 14.9. The van der Waals surface area contributed by atoms with E-state index in [-0.39, 0.29) is 24.3 Å². The molecule has 0 aliphatic carbocycles. The molecule has 3 aromatic rings. The summed E-state index contributed by atoms with van der Waals surface area (Å²) in [4.78, 5) is 12.7. The SMILES string of the molecule is COc1ccc(C2Cn3nnc(C(=O)Nc4ccccc4OC)c3CO2)cc1. The van der Waals surface area contributed by atoms with Crippen LogP contribution in [0.2, 0.25) is 0 Å². The van der Waals surface area contributed by atoms with Crippen LogP contribution in [0.1, 0.15) is 27.8 Å². The van der Waals surface area contributed by atoms with Gasteiger partial charge in [0.1, 0.15) is 17.6 Å². The molecular formula is C20H20N4O4. The van der Waals surface area contributed by atoms with Crippen molar-refractivity contribution >= 4 is 11.6 Å². The highest BCUT2D eigenvalue weighted by molar-refractivity contribution is 6.04. The molecule has 144 valence electrons. The van der Waals surface area contributed by atoms with Crippen LogP contribution in [-0.2, 0) is 17.9 Å². The Balaban J connectivity index is 1.51. The van der Waals surface area contributed by atoms with Crippen LogP contribution in [0.4, 0.5) is 5.69 Å². The number of aromatic nitrogens is 3.